The molecule has 0 N–H and O–H groups in total. The Bertz CT molecular complexity index is 212. The van der Waals surface area contributed by atoms with Crippen molar-refractivity contribution in [1.29, 1.82) is 0 Å². The summed E-state index contributed by atoms with van der Waals surface area (Å²) in [6.45, 7) is 5.00. The molecule has 2 nitrogen and oxygen atoms in total. The van der Waals surface area contributed by atoms with E-state index < -0.39 is 0 Å². The summed E-state index contributed by atoms with van der Waals surface area (Å²) in [5.74, 6) is 0.794. The predicted octanol–water partition coefficient (Wildman–Crippen LogP) is 1.78. The first kappa shape index (κ1) is 8.24. The molecule has 3 unspecified atom stereocenters. The summed E-state index contributed by atoms with van der Waals surface area (Å²) in [5.41, 5.74) is 0.201. The Balaban J connectivity index is 2.05. The minimum absolute atomic E-state index is 0.201. The molecule has 2 aliphatic rings. The molecule has 0 heterocycles. The summed E-state index contributed by atoms with van der Waals surface area (Å²) in [7, 11) is 0. The van der Waals surface area contributed by atoms with Crippen LogP contribution < -0.4 is 0 Å². The molecule has 3 atom stereocenters. The molecule has 0 amide bonds. The Labute approximate surface area is 73.3 Å². The summed E-state index contributed by atoms with van der Waals surface area (Å²) < 4.78 is 5.59. The van der Waals surface area contributed by atoms with Gasteiger partial charge in [0.15, 0.2) is 0 Å². The van der Waals surface area contributed by atoms with E-state index in [0.29, 0.717) is 17.8 Å². The summed E-state index contributed by atoms with van der Waals surface area (Å²) in [5, 5.41) is 0. The monoisotopic (exact) mass is 168 g/mol. The number of fused-ring (bicyclic) bond motifs is 1. The fourth-order valence-electron chi connectivity index (χ4n) is 2.68. The Kier molecular flexibility index (Phi) is 1.76. The molecular formula is C10H16O2. The van der Waals surface area contributed by atoms with Gasteiger partial charge in [-0.25, -0.2) is 0 Å². The van der Waals surface area contributed by atoms with Crippen LogP contribution in [-0.4, -0.2) is 18.5 Å². The Morgan fingerprint density at radius 1 is 1.67 bits per heavy atom. The van der Waals surface area contributed by atoms with E-state index in [-0.39, 0.29) is 5.41 Å². The Morgan fingerprint density at radius 3 is 3.00 bits per heavy atom. The van der Waals surface area contributed by atoms with Crippen molar-refractivity contribution < 1.29 is 9.53 Å². The lowest BCUT2D eigenvalue weighted by atomic mass is 9.60. The number of hydrogen-bond acceptors (Lipinski definition) is 2. The highest BCUT2D eigenvalue weighted by Crippen LogP contribution is 2.56. The maximum Gasteiger partial charge on any atom is 0.136 e. The van der Waals surface area contributed by atoms with Crippen LogP contribution in [0.3, 0.4) is 0 Å². The lowest BCUT2D eigenvalue weighted by Crippen LogP contribution is -2.51. The minimum Gasteiger partial charge on any atom is -0.378 e. The van der Waals surface area contributed by atoms with Gasteiger partial charge in [0.2, 0.25) is 0 Å². The second kappa shape index (κ2) is 2.56. The highest BCUT2D eigenvalue weighted by Gasteiger charge is 2.58. The number of rotatable bonds is 2. The van der Waals surface area contributed by atoms with Gasteiger partial charge in [0.1, 0.15) is 5.78 Å². The van der Waals surface area contributed by atoms with Crippen LogP contribution in [0.1, 0.15) is 33.1 Å². The van der Waals surface area contributed by atoms with Crippen molar-refractivity contribution in [2.75, 3.05) is 6.61 Å². The number of hydrogen-bond donors (Lipinski definition) is 0. The van der Waals surface area contributed by atoms with Crippen LogP contribution in [0, 0.1) is 11.3 Å². The van der Waals surface area contributed by atoms with E-state index >= 15 is 0 Å². The SMILES string of the molecule is CCOC1CC2C(=O)CCC12C. The molecule has 12 heavy (non-hydrogen) atoms. The molecule has 2 aliphatic carbocycles. The highest BCUT2D eigenvalue weighted by atomic mass is 16.5. The zero-order chi connectivity index (χ0) is 8.77. The van der Waals surface area contributed by atoms with Crippen molar-refractivity contribution in [1.82, 2.24) is 0 Å². The Hall–Kier alpha value is -0.370. The minimum atomic E-state index is 0.201. The van der Waals surface area contributed by atoms with Gasteiger partial charge in [0.25, 0.3) is 0 Å². The van der Waals surface area contributed by atoms with Crippen LogP contribution in [0.5, 0.6) is 0 Å². The zero-order valence-corrected chi connectivity index (χ0v) is 7.80. The molecule has 0 bridgehead atoms. The van der Waals surface area contributed by atoms with E-state index in [1.54, 1.807) is 0 Å². The van der Waals surface area contributed by atoms with E-state index in [9.17, 15) is 4.79 Å². The van der Waals surface area contributed by atoms with Gasteiger partial charge in [-0.2, -0.15) is 0 Å². The van der Waals surface area contributed by atoms with Crippen molar-refractivity contribution in [2.45, 2.75) is 39.2 Å². The fourth-order valence-corrected chi connectivity index (χ4v) is 2.68. The smallest absolute Gasteiger partial charge is 0.136 e. The van der Waals surface area contributed by atoms with Gasteiger partial charge in [0, 0.05) is 24.4 Å². The number of carbonyl (C=O) groups is 1. The standard InChI is InChI=1S/C10H16O2/c1-3-12-9-6-7-8(11)4-5-10(7,9)2/h7,9H,3-6H2,1-2H3. The van der Waals surface area contributed by atoms with E-state index in [1.165, 1.54) is 0 Å². The van der Waals surface area contributed by atoms with E-state index in [1.807, 2.05) is 6.92 Å². The molecule has 0 spiro atoms. The fraction of sp³-hybridized carbons (Fsp3) is 0.900. The second-order valence-corrected chi connectivity index (χ2v) is 4.20. The third-order valence-corrected chi connectivity index (χ3v) is 3.65. The van der Waals surface area contributed by atoms with Gasteiger partial charge in [-0.15, -0.1) is 0 Å². The normalized spacial score (nSPS) is 45.7. The van der Waals surface area contributed by atoms with Crippen molar-refractivity contribution in [3.8, 4) is 0 Å². The average molecular weight is 168 g/mol. The quantitative estimate of drug-likeness (QED) is 0.628. The molecule has 0 aromatic carbocycles. The molecule has 2 heteroatoms. The van der Waals surface area contributed by atoms with Crippen LogP contribution in [0.15, 0.2) is 0 Å². The van der Waals surface area contributed by atoms with Gasteiger partial charge < -0.3 is 4.74 Å². The predicted molar refractivity (Wildman–Crippen MR) is 45.9 cm³/mol. The van der Waals surface area contributed by atoms with E-state index in [0.717, 1.165) is 25.9 Å². The molecule has 68 valence electrons. The first-order chi connectivity index (χ1) is 5.68. The van der Waals surface area contributed by atoms with Gasteiger partial charge >= 0.3 is 0 Å². The number of ether oxygens (including phenoxy) is 1. The van der Waals surface area contributed by atoms with Gasteiger partial charge in [-0.1, -0.05) is 6.92 Å². The highest BCUT2D eigenvalue weighted by molar-refractivity contribution is 5.85. The lowest BCUT2D eigenvalue weighted by molar-refractivity contribution is -0.150. The molecule has 0 aromatic heterocycles. The van der Waals surface area contributed by atoms with E-state index in [2.05, 4.69) is 6.92 Å². The first-order valence-corrected chi connectivity index (χ1v) is 4.83. The van der Waals surface area contributed by atoms with Crippen LogP contribution in [-0.2, 0) is 9.53 Å². The van der Waals surface area contributed by atoms with Crippen molar-refractivity contribution in [3.63, 3.8) is 0 Å². The summed E-state index contributed by atoms with van der Waals surface area (Å²) >= 11 is 0. The number of ketones is 1. The van der Waals surface area contributed by atoms with Crippen LogP contribution >= 0.6 is 0 Å². The van der Waals surface area contributed by atoms with Gasteiger partial charge in [-0.05, 0) is 19.8 Å². The van der Waals surface area contributed by atoms with Crippen LogP contribution in [0.25, 0.3) is 0 Å². The van der Waals surface area contributed by atoms with Gasteiger partial charge in [0.05, 0.1) is 6.10 Å². The van der Waals surface area contributed by atoms with Crippen LogP contribution in [0.2, 0.25) is 0 Å². The zero-order valence-electron chi connectivity index (χ0n) is 7.80. The molecule has 2 saturated carbocycles. The number of carbonyl (C=O) groups excluding carboxylic acids is 1. The largest absolute Gasteiger partial charge is 0.378 e. The molecule has 2 rings (SSSR count). The van der Waals surface area contributed by atoms with Crippen molar-refractivity contribution in [3.05, 3.63) is 0 Å². The third-order valence-electron chi connectivity index (χ3n) is 3.65. The number of Topliss-reactive ketones (excluding diaryl/α,β-unsaturated/α-hetero) is 1. The molecule has 0 aromatic rings. The summed E-state index contributed by atoms with van der Waals surface area (Å²) in [6.07, 6.45) is 3.16. The van der Waals surface area contributed by atoms with Crippen molar-refractivity contribution >= 4 is 5.78 Å². The average Bonchev–Trinajstić information content (AvgIpc) is 2.26. The van der Waals surface area contributed by atoms with Crippen LogP contribution in [0.4, 0.5) is 0 Å². The molecule has 2 fully saturated rings. The van der Waals surface area contributed by atoms with Gasteiger partial charge in [-0.3, -0.25) is 4.79 Å². The molecule has 0 aliphatic heterocycles. The topological polar surface area (TPSA) is 26.3 Å². The lowest BCUT2D eigenvalue weighted by Gasteiger charge is -2.48. The first-order valence-electron chi connectivity index (χ1n) is 4.83. The summed E-state index contributed by atoms with van der Waals surface area (Å²) in [6, 6.07) is 0. The Morgan fingerprint density at radius 2 is 2.42 bits per heavy atom. The maximum atomic E-state index is 11.3. The van der Waals surface area contributed by atoms with Crippen molar-refractivity contribution in [2.24, 2.45) is 11.3 Å². The summed E-state index contributed by atoms with van der Waals surface area (Å²) in [4.78, 5) is 11.3. The van der Waals surface area contributed by atoms with E-state index in [4.69, 9.17) is 4.74 Å². The molecular weight excluding hydrogens is 152 g/mol. The second-order valence-electron chi connectivity index (χ2n) is 4.20. The third kappa shape index (κ3) is 0.875. The molecule has 0 radical (unpaired) electrons. The maximum absolute atomic E-state index is 11.3. The molecule has 0 saturated heterocycles.